The van der Waals surface area contributed by atoms with Crippen molar-refractivity contribution in [2.24, 2.45) is 0 Å². The minimum atomic E-state index is 0.340. The quantitative estimate of drug-likeness (QED) is 0.737. The maximum Gasteiger partial charge on any atom is 0.118 e. The first kappa shape index (κ1) is 10.1. The molecule has 2 rings (SSSR count). The molecule has 1 aromatic carbocycles. The zero-order valence-corrected chi connectivity index (χ0v) is 9.28. The van der Waals surface area contributed by atoms with Crippen LogP contribution in [0.3, 0.4) is 0 Å². The summed E-state index contributed by atoms with van der Waals surface area (Å²) in [6.45, 7) is 6.12. The van der Waals surface area contributed by atoms with Crippen LogP contribution in [0.1, 0.15) is 19.4 Å². The number of nitrogens with one attached hydrogen (secondary N) is 1. The van der Waals surface area contributed by atoms with E-state index in [1.54, 1.807) is 6.07 Å². The smallest absolute Gasteiger partial charge is 0.118 e. The number of aromatic hydroxyl groups is 1. The van der Waals surface area contributed by atoms with E-state index in [2.05, 4.69) is 25.5 Å². The molecule has 0 saturated heterocycles. The van der Waals surface area contributed by atoms with Gasteiger partial charge < -0.3 is 5.11 Å². The van der Waals surface area contributed by atoms with Crippen molar-refractivity contribution < 1.29 is 5.11 Å². The van der Waals surface area contributed by atoms with Crippen molar-refractivity contribution >= 4 is 5.69 Å². The predicted molar refractivity (Wildman–Crippen MR) is 61.7 cm³/mol. The molecule has 2 N–H and O–H groups in total. The molecular weight excluding hydrogens is 188 g/mol. The molecule has 0 aromatic heterocycles. The van der Waals surface area contributed by atoms with E-state index in [4.69, 9.17) is 0 Å². The summed E-state index contributed by atoms with van der Waals surface area (Å²) in [6, 6.07) is 5.96. The molecular formula is C12H16N2O. The molecule has 15 heavy (non-hydrogen) atoms. The van der Waals surface area contributed by atoms with Gasteiger partial charge in [0, 0.05) is 12.2 Å². The van der Waals surface area contributed by atoms with Crippen LogP contribution in [-0.2, 0) is 0 Å². The Morgan fingerprint density at radius 1 is 1.33 bits per heavy atom. The third-order valence-electron chi connectivity index (χ3n) is 2.81. The number of hydrazine groups is 1. The Morgan fingerprint density at radius 2 is 2.07 bits per heavy atom. The summed E-state index contributed by atoms with van der Waals surface area (Å²) in [5.74, 6) is 0.340. The van der Waals surface area contributed by atoms with Gasteiger partial charge in [0.25, 0.3) is 0 Å². The number of phenols is 1. The van der Waals surface area contributed by atoms with Gasteiger partial charge in [-0.05, 0) is 50.1 Å². The second kappa shape index (κ2) is 3.59. The van der Waals surface area contributed by atoms with E-state index in [9.17, 15) is 5.11 Å². The van der Waals surface area contributed by atoms with Gasteiger partial charge in [0.05, 0.1) is 5.69 Å². The maximum atomic E-state index is 9.44. The van der Waals surface area contributed by atoms with Gasteiger partial charge in [-0.2, -0.15) is 0 Å². The molecule has 0 aliphatic carbocycles. The highest BCUT2D eigenvalue weighted by atomic mass is 16.3. The topological polar surface area (TPSA) is 35.5 Å². The lowest BCUT2D eigenvalue weighted by atomic mass is 10.2. The van der Waals surface area contributed by atoms with Crippen molar-refractivity contribution in [3.63, 3.8) is 0 Å². The van der Waals surface area contributed by atoms with Crippen LogP contribution >= 0.6 is 0 Å². The molecule has 1 unspecified atom stereocenters. The van der Waals surface area contributed by atoms with Crippen LogP contribution < -0.4 is 10.4 Å². The Hall–Kier alpha value is -1.48. The Balaban J connectivity index is 2.28. The van der Waals surface area contributed by atoms with Gasteiger partial charge in [-0.3, -0.25) is 5.01 Å². The summed E-state index contributed by atoms with van der Waals surface area (Å²) in [6.07, 6.45) is 2.08. The highest BCUT2D eigenvalue weighted by Crippen LogP contribution is 2.25. The van der Waals surface area contributed by atoms with Gasteiger partial charge in [0.1, 0.15) is 5.75 Å². The van der Waals surface area contributed by atoms with E-state index in [1.165, 1.54) is 5.57 Å². The Labute approximate surface area is 90.0 Å². The van der Waals surface area contributed by atoms with Crippen molar-refractivity contribution in [2.45, 2.75) is 26.8 Å². The minimum Gasteiger partial charge on any atom is -0.508 e. The fourth-order valence-corrected chi connectivity index (χ4v) is 1.60. The minimum absolute atomic E-state index is 0.340. The van der Waals surface area contributed by atoms with Crippen LogP contribution in [-0.4, -0.2) is 11.1 Å². The lowest BCUT2D eigenvalue weighted by molar-refractivity contribution is 0.471. The molecule has 3 heteroatoms. The van der Waals surface area contributed by atoms with Crippen molar-refractivity contribution in [3.05, 3.63) is 35.5 Å². The monoisotopic (exact) mass is 204 g/mol. The van der Waals surface area contributed by atoms with Crippen LogP contribution in [0.4, 0.5) is 5.69 Å². The Morgan fingerprint density at radius 3 is 2.60 bits per heavy atom. The molecule has 0 fully saturated rings. The highest BCUT2D eigenvalue weighted by molar-refractivity contribution is 5.55. The molecule has 80 valence electrons. The van der Waals surface area contributed by atoms with Crippen molar-refractivity contribution in [1.82, 2.24) is 5.43 Å². The summed E-state index contributed by atoms with van der Waals surface area (Å²) < 4.78 is 0. The number of phenolic OH excluding ortho intramolecular Hbond substituents is 1. The molecule has 0 spiro atoms. The number of benzene rings is 1. The number of nitrogens with zero attached hydrogens (tertiary/aromatic N) is 1. The first-order chi connectivity index (χ1) is 7.08. The fraction of sp³-hybridized carbons (Fsp3) is 0.333. The third kappa shape index (κ3) is 1.83. The second-order valence-corrected chi connectivity index (χ2v) is 4.06. The molecule has 1 aliphatic heterocycles. The van der Waals surface area contributed by atoms with Gasteiger partial charge in [-0.25, -0.2) is 5.43 Å². The first-order valence-corrected chi connectivity index (χ1v) is 5.11. The molecule has 0 saturated carbocycles. The predicted octanol–water partition coefficient (Wildman–Crippen LogP) is 2.32. The third-order valence-corrected chi connectivity index (χ3v) is 2.81. The zero-order chi connectivity index (χ0) is 11.0. The van der Waals surface area contributed by atoms with Crippen LogP contribution in [0.2, 0.25) is 0 Å². The highest BCUT2D eigenvalue weighted by Gasteiger charge is 2.17. The number of anilines is 1. The van der Waals surface area contributed by atoms with Crippen LogP contribution in [0.25, 0.3) is 0 Å². The first-order valence-electron chi connectivity index (χ1n) is 5.11. The summed E-state index contributed by atoms with van der Waals surface area (Å²) in [5, 5.41) is 11.4. The van der Waals surface area contributed by atoms with Crippen molar-refractivity contribution in [2.75, 3.05) is 5.01 Å². The standard InChI is InChI=1S/C12H16N2O/c1-8-6-11(4-5-12(8)15)14-7-9(2)10(3)13-14/h4-7,10,13,15H,1-3H3. The van der Waals surface area contributed by atoms with E-state index in [1.807, 2.05) is 24.1 Å². The van der Waals surface area contributed by atoms with Gasteiger partial charge in [-0.15, -0.1) is 0 Å². The average molecular weight is 204 g/mol. The van der Waals surface area contributed by atoms with E-state index in [0.717, 1.165) is 11.3 Å². The lowest BCUT2D eigenvalue weighted by Gasteiger charge is -2.18. The summed E-state index contributed by atoms with van der Waals surface area (Å²) in [4.78, 5) is 0. The maximum absolute atomic E-state index is 9.44. The number of hydrogen-bond donors (Lipinski definition) is 2. The molecule has 1 aromatic rings. The van der Waals surface area contributed by atoms with Gasteiger partial charge >= 0.3 is 0 Å². The molecule has 0 radical (unpaired) electrons. The van der Waals surface area contributed by atoms with Gasteiger partial charge in [-0.1, -0.05) is 0 Å². The normalized spacial score (nSPS) is 20.6. The summed E-state index contributed by atoms with van der Waals surface area (Å²) >= 11 is 0. The Kier molecular flexibility index (Phi) is 2.40. The average Bonchev–Trinajstić information content (AvgIpc) is 2.52. The number of rotatable bonds is 1. The molecule has 1 heterocycles. The van der Waals surface area contributed by atoms with Crippen LogP contribution in [0.5, 0.6) is 5.75 Å². The lowest BCUT2D eigenvalue weighted by Crippen LogP contribution is -2.34. The number of hydrogen-bond acceptors (Lipinski definition) is 3. The fourth-order valence-electron chi connectivity index (χ4n) is 1.60. The summed E-state index contributed by atoms with van der Waals surface area (Å²) in [7, 11) is 0. The van der Waals surface area contributed by atoms with Crippen LogP contribution in [0, 0.1) is 6.92 Å². The van der Waals surface area contributed by atoms with E-state index in [-0.39, 0.29) is 0 Å². The van der Waals surface area contributed by atoms with E-state index in [0.29, 0.717) is 11.8 Å². The molecule has 1 atom stereocenters. The molecule has 0 bridgehead atoms. The molecule has 1 aliphatic rings. The van der Waals surface area contributed by atoms with E-state index < -0.39 is 0 Å². The van der Waals surface area contributed by atoms with Crippen LogP contribution in [0.15, 0.2) is 30.0 Å². The molecule has 3 nitrogen and oxygen atoms in total. The van der Waals surface area contributed by atoms with E-state index >= 15 is 0 Å². The van der Waals surface area contributed by atoms with Crippen molar-refractivity contribution in [3.8, 4) is 5.75 Å². The Bertz CT molecular complexity index is 412. The largest absolute Gasteiger partial charge is 0.508 e. The SMILES string of the molecule is CC1=CN(c2ccc(O)c(C)c2)NC1C. The second-order valence-electron chi connectivity index (χ2n) is 4.06. The van der Waals surface area contributed by atoms with Crippen molar-refractivity contribution in [1.29, 1.82) is 0 Å². The van der Waals surface area contributed by atoms with Gasteiger partial charge in [0.15, 0.2) is 0 Å². The zero-order valence-electron chi connectivity index (χ0n) is 9.28. The summed E-state index contributed by atoms with van der Waals surface area (Å²) in [5.41, 5.74) is 6.57. The molecule has 0 amide bonds. The van der Waals surface area contributed by atoms with Gasteiger partial charge in [0.2, 0.25) is 0 Å². The number of aryl methyl sites for hydroxylation is 1.